The number of halogens is 3. The number of anilines is 1. The lowest BCUT2D eigenvalue weighted by Gasteiger charge is -2.12. The zero-order valence-corrected chi connectivity index (χ0v) is 17.9. The Morgan fingerprint density at radius 2 is 1.82 bits per heavy atom. The van der Waals surface area contributed by atoms with Crippen LogP contribution in [0, 0.1) is 0 Å². The highest BCUT2D eigenvalue weighted by atomic mass is 32.2. The first kappa shape index (κ1) is 22.3. The van der Waals surface area contributed by atoms with Gasteiger partial charge in [0, 0.05) is 36.2 Å². The summed E-state index contributed by atoms with van der Waals surface area (Å²) in [5, 5.41) is 3.19. The van der Waals surface area contributed by atoms with Gasteiger partial charge in [-0.1, -0.05) is 6.07 Å². The van der Waals surface area contributed by atoms with Crippen molar-refractivity contribution in [1.82, 2.24) is 14.9 Å². The average Bonchev–Trinajstić information content (AvgIpc) is 3.21. The molecule has 0 aliphatic carbocycles. The predicted molar refractivity (Wildman–Crippen MR) is 117 cm³/mol. The normalized spacial score (nSPS) is 12.0. The van der Waals surface area contributed by atoms with Gasteiger partial charge in [0.15, 0.2) is 0 Å². The van der Waals surface area contributed by atoms with E-state index in [0.717, 1.165) is 23.7 Å². The third kappa shape index (κ3) is 4.53. The molecule has 0 unspecified atom stereocenters. The van der Waals surface area contributed by atoms with E-state index in [1.165, 1.54) is 19.3 Å². The lowest BCUT2D eigenvalue weighted by molar-refractivity contribution is -0.137. The highest BCUT2D eigenvalue weighted by Crippen LogP contribution is 2.31. The second-order valence-corrected chi connectivity index (χ2v) is 8.75. The van der Waals surface area contributed by atoms with E-state index in [2.05, 4.69) is 15.0 Å². The van der Waals surface area contributed by atoms with Crippen LogP contribution in [0.1, 0.15) is 16.1 Å². The first-order valence-electron chi connectivity index (χ1n) is 9.58. The monoisotopic (exact) mass is 474 g/mol. The fourth-order valence-corrected chi connectivity index (χ4v) is 4.40. The first-order valence-corrected chi connectivity index (χ1v) is 11.1. The van der Waals surface area contributed by atoms with Gasteiger partial charge in [-0.15, -0.1) is 0 Å². The van der Waals surface area contributed by atoms with Crippen molar-refractivity contribution in [1.29, 1.82) is 0 Å². The van der Waals surface area contributed by atoms with Crippen LogP contribution in [0.3, 0.4) is 0 Å². The number of pyridine rings is 1. The number of carbonyl (C=O) groups excluding carboxylic acids is 1. The minimum absolute atomic E-state index is 0.193. The Hall–Kier alpha value is -3.86. The molecule has 170 valence electrons. The van der Waals surface area contributed by atoms with E-state index in [1.54, 1.807) is 41.1 Å². The Bertz CT molecular complexity index is 1460. The summed E-state index contributed by atoms with van der Waals surface area (Å²) in [7, 11) is -2.73. The van der Waals surface area contributed by atoms with Gasteiger partial charge in [0.25, 0.3) is 15.9 Å². The molecule has 0 radical (unpaired) electrons. The lowest BCUT2D eigenvalue weighted by atomic mass is 10.2. The van der Waals surface area contributed by atoms with E-state index in [1.807, 2.05) is 0 Å². The number of rotatable bonds is 5. The highest BCUT2D eigenvalue weighted by Gasteiger charge is 2.31. The molecular formula is C22H17F3N4O3S. The van der Waals surface area contributed by atoms with Crippen LogP contribution >= 0.6 is 0 Å². The molecule has 33 heavy (non-hydrogen) atoms. The van der Waals surface area contributed by atoms with Crippen molar-refractivity contribution < 1.29 is 26.4 Å². The molecule has 0 aliphatic heterocycles. The van der Waals surface area contributed by atoms with Gasteiger partial charge in [-0.05, 0) is 54.6 Å². The van der Waals surface area contributed by atoms with Crippen LogP contribution in [0.5, 0.6) is 0 Å². The molecule has 1 amide bonds. The van der Waals surface area contributed by atoms with E-state index < -0.39 is 26.7 Å². The number of benzene rings is 2. The summed E-state index contributed by atoms with van der Waals surface area (Å²) in [6.07, 6.45) is -1.40. The van der Waals surface area contributed by atoms with Crippen LogP contribution in [0.2, 0.25) is 0 Å². The molecule has 0 saturated heterocycles. The Labute approximate surface area is 186 Å². The van der Waals surface area contributed by atoms with E-state index in [9.17, 15) is 26.4 Å². The third-order valence-corrected chi connectivity index (χ3v) is 6.27. The molecule has 0 atom stereocenters. The SMILES string of the molecule is CNC(=O)c1cc(-n2ccc3cc(NS(=O)(=O)c4cccc(C(F)(F)F)c4)ccc32)ccn1. The Morgan fingerprint density at radius 3 is 2.55 bits per heavy atom. The van der Waals surface area contributed by atoms with E-state index in [0.29, 0.717) is 17.1 Å². The maximum Gasteiger partial charge on any atom is 0.416 e. The molecule has 2 N–H and O–H groups in total. The van der Waals surface area contributed by atoms with Crippen molar-refractivity contribution in [3.63, 3.8) is 0 Å². The van der Waals surface area contributed by atoms with E-state index >= 15 is 0 Å². The van der Waals surface area contributed by atoms with Crippen LogP contribution in [0.15, 0.2) is 78.0 Å². The zero-order chi connectivity index (χ0) is 23.8. The van der Waals surface area contributed by atoms with Gasteiger partial charge in [0.1, 0.15) is 5.69 Å². The van der Waals surface area contributed by atoms with Crippen LogP contribution in [-0.4, -0.2) is 30.9 Å². The summed E-state index contributed by atoms with van der Waals surface area (Å²) in [6.45, 7) is 0. The number of nitrogens with zero attached hydrogens (tertiary/aromatic N) is 2. The predicted octanol–water partition coefficient (Wildman–Crippen LogP) is 4.20. The molecule has 2 aromatic heterocycles. The lowest BCUT2D eigenvalue weighted by Crippen LogP contribution is -2.19. The molecule has 0 fully saturated rings. The van der Waals surface area contributed by atoms with Gasteiger partial charge >= 0.3 is 6.18 Å². The fraction of sp³-hybridized carbons (Fsp3) is 0.0909. The molecule has 11 heteroatoms. The molecule has 0 spiro atoms. The van der Waals surface area contributed by atoms with Gasteiger partial charge in [-0.2, -0.15) is 13.2 Å². The number of alkyl halides is 3. The second kappa shape index (κ2) is 8.24. The molecule has 2 aromatic carbocycles. The van der Waals surface area contributed by atoms with Crippen LogP contribution in [0.25, 0.3) is 16.6 Å². The van der Waals surface area contributed by atoms with Crippen molar-refractivity contribution in [2.45, 2.75) is 11.1 Å². The maximum atomic E-state index is 12.9. The number of hydrogen-bond acceptors (Lipinski definition) is 4. The number of sulfonamides is 1. The average molecular weight is 474 g/mol. The van der Waals surface area contributed by atoms with E-state index in [4.69, 9.17) is 0 Å². The summed E-state index contributed by atoms with van der Waals surface area (Å²) < 4.78 is 68.2. The van der Waals surface area contributed by atoms with Gasteiger partial charge in [-0.25, -0.2) is 8.42 Å². The van der Waals surface area contributed by atoms with E-state index in [-0.39, 0.29) is 17.3 Å². The third-order valence-electron chi connectivity index (χ3n) is 4.90. The maximum absolute atomic E-state index is 12.9. The number of carbonyl (C=O) groups is 1. The van der Waals surface area contributed by atoms with Crippen molar-refractivity contribution in [2.24, 2.45) is 0 Å². The van der Waals surface area contributed by atoms with Crippen molar-refractivity contribution >= 4 is 32.5 Å². The van der Waals surface area contributed by atoms with Crippen LogP contribution in [-0.2, 0) is 16.2 Å². The van der Waals surface area contributed by atoms with Gasteiger partial charge in [-0.3, -0.25) is 14.5 Å². The number of hydrogen-bond donors (Lipinski definition) is 2. The number of aromatic nitrogens is 2. The Kier molecular flexibility index (Phi) is 5.58. The molecule has 0 saturated carbocycles. The molecular weight excluding hydrogens is 457 g/mol. The number of amides is 1. The molecule has 4 rings (SSSR count). The second-order valence-electron chi connectivity index (χ2n) is 7.07. The van der Waals surface area contributed by atoms with Gasteiger partial charge in [0.05, 0.1) is 16.0 Å². The number of nitrogens with one attached hydrogen (secondary N) is 2. The summed E-state index contributed by atoms with van der Waals surface area (Å²) in [5.74, 6) is -0.334. The summed E-state index contributed by atoms with van der Waals surface area (Å²) in [5.41, 5.74) is 0.786. The molecule has 2 heterocycles. The van der Waals surface area contributed by atoms with Crippen molar-refractivity contribution in [3.8, 4) is 5.69 Å². The number of fused-ring (bicyclic) bond motifs is 1. The van der Waals surface area contributed by atoms with Gasteiger partial charge < -0.3 is 9.88 Å². The minimum Gasteiger partial charge on any atom is -0.354 e. The smallest absolute Gasteiger partial charge is 0.354 e. The molecule has 0 bridgehead atoms. The Balaban J connectivity index is 1.65. The van der Waals surface area contributed by atoms with Crippen molar-refractivity contribution in [3.05, 3.63) is 84.3 Å². The largest absolute Gasteiger partial charge is 0.416 e. The van der Waals surface area contributed by atoms with Crippen LogP contribution in [0.4, 0.5) is 18.9 Å². The Morgan fingerprint density at radius 1 is 1.03 bits per heavy atom. The topological polar surface area (TPSA) is 93.1 Å². The molecule has 7 nitrogen and oxygen atoms in total. The summed E-state index contributed by atoms with van der Waals surface area (Å²) in [4.78, 5) is 15.4. The minimum atomic E-state index is -4.65. The summed E-state index contributed by atoms with van der Waals surface area (Å²) in [6, 6.07) is 13.4. The summed E-state index contributed by atoms with van der Waals surface area (Å²) >= 11 is 0. The quantitative estimate of drug-likeness (QED) is 0.453. The first-order chi connectivity index (χ1) is 15.6. The standard InChI is InChI=1S/C22H17F3N4O3S/c1-26-21(30)19-13-17(7-9-27-19)29-10-8-14-11-16(5-6-20(14)29)28-33(31,32)18-4-2-3-15(12-18)22(23,24)25/h2-13,28H,1H3,(H,26,30). The molecule has 4 aromatic rings. The zero-order valence-electron chi connectivity index (χ0n) is 17.1. The van der Waals surface area contributed by atoms with Gasteiger partial charge in [0.2, 0.25) is 0 Å². The van der Waals surface area contributed by atoms with Crippen molar-refractivity contribution in [2.75, 3.05) is 11.8 Å². The highest BCUT2D eigenvalue weighted by molar-refractivity contribution is 7.92. The molecule has 0 aliphatic rings. The van der Waals surface area contributed by atoms with Crippen LogP contribution < -0.4 is 10.0 Å². The fourth-order valence-electron chi connectivity index (χ4n) is 3.31.